The number of hydrogen-bond donors (Lipinski definition) is 2. The van der Waals surface area contributed by atoms with E-state index in [0.29, 0.717) is 29.6 Å². The maximum atomic E-state index is 12.9. The lowest BCUT2D eigenvalue weighted by molar-refractivity contribution is 0.461. The maximum Gasteiger partial charge on any atom is 0.219 e. The van der Waals surface area contributed by atoms with Gasteiger partial charge in [-0.05, 0) is 29.8 Å². The standard InChI is InChI=1S/C17H13FN6O/c18-12-2-4-13(5-3-12)25-14-6-1-11(7-19-14)8-20-16-15-17(22-9-21-15)24-10-23-16/h1-7,9-10H,8H2,(H2,20,21,22,23,24). The van der Waals surface area contributed by atoms with Crippen molar-refractivity contribution >= 4 is 17.0 Å². The number of nitrogens with one attached hydrogen (secondary N) is 2. The number of H-pyrrole nitrogens is 1. The Bertz CT molecular complexity index is 984. The molecule has 2 N–H and O–H groups in total. The lowest BCUT2D eigenvalue weighted by Crippen LogP contribution is -2.03. The molecule has 0 saturated heterocycles. The molecule has 0 atom stereocenters. The number of imidazole rings is 1. The van der Waals surface area contributed by atoms with Crippen LogP contribution >= 0.6 is 0 Å². The van der Waals surface area contributed by atoms with Crippen molar-refractivity contribution in [2.24, 2.45) is 0 Å². The number of ether oxygens (including phenoxy) is 1. The number of benzene rings is 1. The van der Waals surface area contributed by atoms with Crippen molar-refractivity contribution in [1.29, 1.82) is 0 Å². The van der Waals surface area contributed by atoms with Gasteiger partial charge < -0.3 is 15.0 Å². The second-order valence-corrected chi connectivity index (χ2v) is 5.24. The first-order chi connectivity index (χ1) is 12.3. The Balaban J connectivity index is 1.42. The highest BCUT2D eigenvalue weighted by Gasteiger charge is 2.06. The predicted molar refractivity (Wildman–Crippen MR) is 89.7 cm³/mol. The van der Waals surface area contributed by atoms with Gasteiger partial charge in [-0.1, -0.05) is 6.07 Å². The minimum absolute atomic E-state index is 0.308. The molecule has 1 aromatic carbocycles. The first-order valence-electron chi connectivity index (χ1n) is 7.54. The zero-order valence-corrected chi connectivity index (χ0v) is 13.0. The largest absolute Gasteiger partial charge is 0.439 e. The predicted octanol–water partition coefficient (Wildman–Crippen LogP) is 3.29. The molecule has 0 saturated carbocycles. The topological polar surface area (TPSA) is 88.6 Å². The summed E-state index contributed by atoms with van der Waals surface area (Å²) in [5.74, 6) is 1.34. The molecule has 0 aliphatic carbocycles. The Hall–Kier alpha value is -3.55. The second-order valence-electron chi connectivity index (χ2n) is 5.24. The number of pyridine rings is 1. The fraction of sp³-hybridized carbons (Fsp3) is 0.0588. The van der Waals surface area contributed by atoms with Crippen LogP contribution in [0.2, 0.25) is 0 Å². The lowest BCUT2D eigenvalue weighted by atomic mass is 10.3. The zero-order chi connectivity index (χ0) is 17.1. The van der Waals surface area contributed by atoms with E-state index in [-0.39, 0.29) is 5.82 Å². The number of rotatable bonds is 5. The molecule has 0 radical (unpaired) electrons. The SMILES string of the molecule is Fc1ccc(Oc2ccc(CNc3ncnc4nc[nH]c34)cn2)cc1. The molecule has 0 aliphatic rings. The van der Waals surface area contributed by atoms with Crippen LogP contribution in [-0.2, 0) is 6.54 Å². The van der Waals surface area contributed by atoms with Crippen molar-refractivity contribution in [1.82, 2.24) is 24.9 Å². The van der Waals surface area contributed by atoms with Crippen LogP contribution in [0.5, 0.6) is 11.6 Å². The fourth-order valence-corrected chi connectivity index (χ4v) is 2.28. The van der Waals surface area contributed by atoms with Gasteiger partial charge >= 0.3 is 0 Å². The first kappa shape index (κ1) is 15.0. The monoisotopic (exact) mass is 336 g/mol. The van der Waals surface area contributed by atoms with Gasteiger partial charge in [-0.25, -0.2) is 24.3 Å². The quantitative estimate of drug-likeness (QED) is 0.581. The third kappa shape index (κ3) is 3.37. The molecule has 0 fully saturated rings. The Kier molecular flexibility index (Phi) is 3.91. The molecule has 0 amide bonds. The lowest BCUT2D eigenvalue weighted by Gasteiger charge is -2.07. The maximum absolute atomic E-state index is 12.9. The molecule has 0 unspecified atom stereocenters. The van der Waals surface area contributed by atoms with E-state index < -0.39 is 0 Å². The summed E-state index contributed by atoms with van der Waals surface area (Å²) >= 11 is 0. The summed E-state index contributed by atoms with van der Waals surface area (Å²) in [4.78, 5) is 19.6. The number of aromatic amines is 1. The summed E-state index contributed by atoms with van der Waals surface area (Å²) in [5, 5.41) is 3.22. The van der Waals surface area contributed by atoms with Crippen LogP contribution in [0.3, 0.4) is 0 Å². The van der Waals surface area contributed by atoms with Gasteiger partial charge in [0.2, 0.25) is 5.88 Å². The average molecular weight is 336 g/mol. The van der Waals surface area contributed by atoms with Crippen molar-refractivity contribution in [3.63, 3.8) is 0 Å². The van der Waals surface area contributed by atoms with Crippen LogP contribution in [0.1, 0.15) is 5.56 Å². The van der Waals surface area contributed by atoms with E-state index >= 15 is 0 Å². The van der Waals surface area contributed by atoms with Crippen molar-refractivity contribution in [2.75, 3.05) is 5.32 Å². The summed E-state index contributed by atoms with van der Waals surface area (Å²) in [6, 6.07) is 9.43. The number of halogens is 1. The molecule has 8 heteroatoms. The van der Waals surface area contributed by atoms with E-state index in [1.54, 1.807) is 30.7 Å². The van der Waals surface area contributed by atoms with E-state index in [9.17, 15) is 4.39 Å². The van der Waals surface area contributed by atoms with Gasteiger partial charge in [0.1, 0.15) is 23.4 Å². The Morgan fingerprint density at radius 3 is 2.68 bits per heavy atom. The second kappa shape index (κ2) is 6.52. The number of nitrogens with zero attached hydrogens (tertiary/aromatic N) is 4. The molecule has 3 heterocycles. The van der Waals surface area contributed by atoms with Crippen LogP contribution in [-0.4, -0.2) is 24.9 Å². The van der Waals surface area contributed by atoms with E-state index in [1.165, 1.54) is 18.5 Å². The minimum Gasteiger partial charge on any atom is -0.439 e. The van der Waals surface area contributed by atoms with Gasteiger partial charge in [-0.15, -0.1) is 0 Å². The number of aromatic nitrogens is 5. The molecule has 0 aliphatic heterocycles. The molecule has 0 bridgehead atoms. The molecule has 4 aromatic rings. The van der Waals surface area contributed by atoms with Crippen molar-refractivity contribution in [3.8, 4) is 11.6 Å². The van der Waals surface area contributed by atoms with Crippen molar-refractivity contribution in [3.05, 3.63) is 66.6 Å². The summed E-state index contributed by atoms with van der Waals surface area (Å²) < 4.78 is 18.5. The molecule has 7 nitrogen and oxygen atoms in total. The summed E-state index contributed by atoms with van der Waals surface area (Å²) in [6.45, 7) is 0.537. The number of anilines is 1. The summed E-state index contributed by atoms with van der Waals surface area (Å²) in [7, 11) is 0. The van der Waals surface area contributed by atoms with E-state index in [0.717, 1.165) is 11.1 Å². The summed E-state index contributed by atoms with van der Waals surface area (Å²) in [6.07, 6.45) is 4.74. The molecular weight excluding hydrogens is 323 g/mol. The van der Waals surface area contributed by atoms with Crippen molar-refractivity contribution in [2.45, 2.75) is 6.54 Å². The van der Waals surface area contributed by atoms with Gasteiger partial charge in [-0.2, -0.15) is 0 Å². The van der Waals surface area contributed by atoms with E-state index in [2.05, 4.69) is 30.2 Å². The van der Waals surface area contributed by atoms with Gasteiger partial charge in [0, 0.05) is 18.8 Å². The highest BCUT2D eigenvalue weighted by molar-refractivity contribution is 5.81. The molecule has 3 aromatic heterocycles. The third-order valence-corrected chi connectivity index (χ3v) is 3.52. The molecular formula is C17H13FN6O. The van der Waals surface area contributed by atoms with Crippen LogP contribution in [0.25, 0.3) is 11.2 Å². The zero-order valence-electron chi connectivity index (χ0n) is 13.0. The van der Waals surface area contributed by atoms with Gasteiger partial charge in [0.15, 0.2) is 11.5 Å². The molecule has 0 spiro atoms. The first-order valence-corrected chi connectivity index (χ1v) is 7.54. The number of hydrogen-bond acceptors (Lipinski definition) is 6. The molecule has 4 rings (SSSR count). The Morgan fingerprint density at radius 1 is 1.00 bits per heavy atom. The van der Waals surface area contributed by atoms with Crippen LogP contribution in [0.15, 0.2) is 55.2 Å². The van der Waals surface area contributed by atoms with Gasteiger partial charge in [0.25, 0.3) is 0 Å². The fourth-order valence-electron chi connectivity index (χ4n) is 2.28. The number of fused-ring (bicyclic) bond motifs is 1. The average Bonchev–Trinajstić information content (AvgIpc) is 3.12. The Morgan fingerprint density at radius 2 is 1.88 bits per heavy atom. The Labute approximate surface area is 142 Å². The van der Waals surface area contributed by atoms with E-state index in [4.69, 9.17) is 4.74 Å². The molecule has 25 heavy (non-hydrogen) atoms. The van der Waals surface area contributed by atoms with Crippen LogP contribution in [0, 0.1) is 5.82 Å². The normalized spacial score (nSPS) is 10.8. The third-order valence-electron chi connectivity index (χ3n) is 3.52. The van der Waals surface area contributed by atoms with Crippen molar-refractivity contribution < 1.29 is 9.13 Å². The minimum atomic E-state index is -0.308. The van der Waals surface area contributed by atoms with Crippen LogP contribution in [0.4, 0.5) is 10.2 Å². The summed E-state index contributed by atoms with van der Waals surface area (Å²) in [5.41, 5.74) is 2.32. The highest BCUT2D eigenvalue weighted by atomic mass is 19.1. The highest BCUT2D eigenvalue weighted by Crippen LogP contribution is 2.20. The smallest absolute Gasteiger partial charge is 0.219 e. The molecule has 124 valence electrons. The van der Waals surface area contributed by atoms with Gasteiger partial charge in [-0.3, -0.25) is 0 Å². The van der Waals surface area contributed by atoms with E-state index in [1.807, 2.05) is 6.07 Å². The van der Waals surface area contributed by atoms with Gasteiger partial charge in [0.05, 0.1) is 6.33 Å². The van der Waals surface area contributed by atoms with Crippen LogP contribution < -0.4 is 10.1 Å².